The highest BCUT2D eigenvalue weighted by molar-refractivity contribution is 6.13. The van der Waals surface area contributed by atoms with E-state index in [1.54, 1.807) is 0 Å². The number of aliphatic imine (C=N–C) groups is 2. The fourth-order valence-corrected chi connectivity index (χ4v) is 6.09. The molecule has 0 amide bonds. The average molecular weight is 518 g/mol. The van der Waals surface area contributed by atoms with Crippen LogP contribution in [0.3, 0.4) is 0 Å². The maximum absolute atomic E-state index is 5.11. The summed E-state index contributed by atoms with van der Waals surface area (Å²) in [6.45, 7) is 16.3. The molecule has 7 heteroatoms. The van der Waals surface area contributed by atoms with E-state index >= 15 is 0 Å². The molecule has 4 heterocycles. The summed E-state index contributed by atoms with van der Waals surface area (Å²) in [6, 6.07) is 0.414. The monoisotopic (exact) mass is 517 g/mol. The molecule has 0 radical (unpaired) electrons. The van der Waals surface area contributed by atoms with Crippen molar-refractivity contribution in [2.45, 2.75) is 76.9 Å². The summed E-state index contributed by atoms with van der Waals surface area (Å²) in [5, 5.41) is 7.19. The van der Waals surface area contributed by atoms with E-state index in [1.807, 2.05) is 0 Å². The first-order chi connectivity index (χ1) is 18.7. The molecule has 0 aromatic rings. The third-order valence-electron chi connectivity index (χ3n) is 8.55. The summed E-state index contributed by atoms with van der Waals surface area (Å²) in [7, 11) is 0. The van der Waals surface area contributed by atoms with Crippen LogP contribution in [0.4, 0.5) is 0 Å². The van der Waals surface area contributed by atoms with Gasteiger partial charge in [0.05, 0.1) is 18.5 Å². The van der Waals surface area contributed by atoms with Crippen LogP contribution in [-0.2, 0) is 0 Å². The molecular formula is C31H47N7. The second kappa shape index (κ2) is 13.7. The molecule has 38 heavy (non-hydrogen) atoms. The highest BCUT2D eigenvalue weighted by Crippen LogP contribution is 2.27. The van der Waals surface area contributed by atoms with Crippen molar-refractivity contribution in [1.29, 1.82) is 0 Å². The van der Waals surface area contributed by atoms with Gasteiger partial charge < -0.3 is 10.2 Å². The number of hydrogen-bond donors (Lipinski definition) is 2. The van der Waals surface area contributed by atoms with Gasteiger partial charge in [0, 0.05) is 43.2 Å². The predicted molar refractivity (Wildman–Crippen MR) is 158 cm³/mol. The standard InChI is InChI=1S/C31H47N7/c1-3-25-21-28(31(32-2)35-27-12-19-38(20-13-27)30-23-33-30)29(34-24-37-17-9-10-18-37)22-26(25)11-5-4-6-14-36-15-7-8-16-36/h21-22,27,30,33,35H,2-4,6-10,12-20,23-24H2,1H3/b31-28+,34-29-. The zero-order chi connectivity index (χ0) is 26.2. The summed E-state index contributed by atoms with van der Waals surface area (Å²) < 4.78 is 0. The molecule has 206 valence electrons. The van der Waals surface area contributed by atoms with E-state index in [0.717, 1.165) is 94.2 Å². The van der Waals surface area contributed by atoms with Gasteiger partial charge in [-0.1, -0.05) is 18.8 Å². The first kappa shape index (κ1) is 27.3. The van der Waals surface area contributed by atoms with Gasteiger partial charge in [-0.05, 0) is 109 Å². The molecule has 1 unspecified atom stereocenters. The second-order valence-corrected chi connectivity index (χ2v) is 11.3. The lowest BCUT2D eigenvalue weighted by Crippen LogP contribution is -2.44. The predicted octanol–water partition coefficient (Wildman–Crippen LogP) is 3.53. The van der Waals surface area contributed by atoms with Gasteiger partial charge in [0.25, 0.3) is 0 Å². The van der Waals surface area contributed by atoms with Crippen molar-refractivity contribution in [3.63, 3.8) is 0 Å². The van der Waals surface area contributed by atoms with Crippen molar-refractivity contribution in [2.75, 3.05) is 59.0 Å². The maximum atomic E-state index is 5.11. The van der Waals surface area contributed by atoms with Gasteiger partial charge in [0.15, 0.2) is 0 Å². The molecule has 0 bridgehead atoms. The smallest absolute Gasteiger partial charge is 0.134 e. The summed E-state index contributed by atoms with van der Waals surface area (Å²) in [6.07, 6.45) is 15.6. The van der Waals surface area contributed by atoms with Gasteiger partial charge in [0.2, 0.25) is 0 Å². The van der Waals surface area contributed by atoms with Crippen LogP contribution in [0.5, 0.6) is 0 Å². The Morgan fingerprint density at radius 3 is 2.42 bits per heavy atom. The van der Waals surface area contributed by atoms with Crippen LogP contribution in [0, 0.1) is 11.8 Å². The van der Waals surface area contributed by atoms with Crippen molar-refractivity contribution >= 4 is 12.4 Å². The van der Waals surface area contributed by atoms with Crippen molar-refractivity contribution < 1.29 is 0 Å². The van der Waals surface area contributed by atoms with Crippen LogP contribution in [0.25, 0.3) is 0 Å². The largest absolute Gasteiger partial charge is 0.367 e. The molecule has 4 fully saturated rings. The molecule has 7 nitrogen and oxygen atoms in total. The van der Waals surface area contributed by atoms with Gasteiger partial charge in [-0.25, -0.2) is 4.99 Å². The molecule has 5 rings (SSSR count). The second-order valence-electron chi connectivity index (χ2n) is 11.3. The van der Waals surface area contributed by atoms with E-state index in [-0.39, 0.29) is 0 Å². The highest BCUT2D eigenvalue weighted by atomic mass is 15.4. The van der Waals surface area contributed by atoms with E-state index in [9.17, 15) is 0 Å². The SMILES string of the molecule is C=N/C(NC1CCN(C2CN2)CC1)=C1/C=C(CC)C(C#CCCCN2CCCC2)=C/C1=N/CN1CCCC1. The zero-order valence-corrected chi connectivity index (χ0v) is 23.5. The molecule has 0 aromatic carbocycles. The minimum Gasteiger partial charge on any atom is -0.367 e. The quantitative estimate of drug-likeness (QED) is 0.201. The van der Waals surface area contributed by atoms with Crippen LogP contribution >= 0.6 is 0 Å². The minimum atomic E-state index is 0.414. The summed E-state index contributed by atoms with van der Waals surface area (Å²) in [5.41, 5.74) is 4.45. The molecule has 0 spiro atoms. The van der Waals surface area contributed by atoms with Crippen LogP contribution < -0.4 is 10.6 Å². The van der Waals surface area contributed by atoms with E-state index < -0.39 is 0 Å². The molecule has 4 saturated heterocycles. The van der Waals surface area contributed by atoms with Gasteiger partial charge in [0.1, 0.15) is 5.82 Å². The summed E-state index contributed by atoms with van der Waals surface area (Å²) >= 11 is 0. The van der Waals surface area contributed by atoms with Crippen LogP contribution in [-0.4, -0.2) is 98.4 Å². The average Bonchev–Trinajstić information content (AvgIpc) is 3.41. The van der Waals surface area contributed by atoms with Gasteiger partial charge >= 0.3 is 0 Å². The Hall–Kier alpha value is -2.24. The van der Waals surface area contributed by atoms with Crippen molar-refractivity contribution in [3.8, 4) is 11.8 Å². The van der Waals surface area contributed by atoms with Crippen LogP contribution in [0.2, 0.25) is 0 Å². The Morgan fingerprint density at radius 2 is 1.76 bits per heavy atom. The third-order valence-corrected chi connectivity index (χ3v) is 8.55. The fourth-order valence-electron chi connectivity index (χ4n) is 6.09. The number of allylic oxidation sites excluding steroid dienone is 5. The van der Waals surface area contributed by atoms with Crippen molar-refractivity contribution in [2.24, 2.45) is 9.98 Å². The molecule has 2 N–H and O–H groups in total. The topological polar surface area (TPSA) is 68.4 Å². The number of rotatable bonds is 10. The van der Waals surface area contributed by atoms with Gasteiger partial charge in [-0.2, -0.15) is 0 Å². The molecule has 4 aliphatic heterocycles. The van der Waals surface area contributed by atoms with E-state index in [2.05, 4.69) is 68.0 Å². The summed E-state index contributed by atoms with van der Waals surface area (Å²) in [4.78, 5) is 17.2. The van der Waals surface area contributed by atoms with E-state index in [0.29, 0.717) is 12.2 Å². The Bertz CT molecular complexity index is 1000. The van der Waals surface area contributed by atoms with Crippen molar-refractivity contribution in [3.05, 3.63) is 34.7 Å². The molecule has 0 saturated carbocycles. The van der Waals surface area contributed by atoms with Gasteiger partial charge in [-0.15, -0.1) is 0 Å². The molecule has 5 aliphatic rings. The number of nitrogens with zero attached hydrogens (tertiary/aromatic N) is 5. The number of likely N-dealkylation sites (tertiary alicyclic amines) is 3. The Balaban J connectivity index is 1.31. The van der Waals surface area contributed by atoms with Gasteiger partial charge in [-0.3, -0.25) is 20.1 Å². The number of hydrogen-bond acceptors (Lipinski definition) is 7. The lowest BCUT2D eigenvalue weighted by Gasteiger charge is -2.32. The first-order valence-corrected chi connectivity index (χ1v) is 15.1. The Kier molecular flexibility index (Phi) is 9.86. The summed E-state index contributed by atoms with van der Waals surface area (Å²) in [5.74, 6) is 7.86. The fraction of sp³-hybridized carbons (Fsp3) is 0.677. The molecular weight excluding hydrogens is 470 g/mol. The lowest BCUT2D eigenvalue weighted by atomic mass is 9.91. The van der Waals surface area contributed by atoms with Crippen LogP contribution in [0.15, 0.2) is 44.7 Å². The maximum Gasteiger partial charge on any atom is 0.134 e. The molecule has 1 atom stereocenters. The molecule has 1 aliphatic carbocycles. The van der Waals surface area contributed by atoms with E-state index in [1.165, 1.54) is 50.9 Å². The van der Waals surface area contributed by atoms with Crippen LogP contribution in [0.1, 0.15) is 64.7 Å². The third kappa shape index (κ3) is 7.45. The Morgan fingerprint density at radius 1 is 1.05 bits per heavy atom. The number of unbranched alkanes of at least 4 members (excludes halogenated alkanes) is 1. The number of nitrogens with one attached hydrogen (secondary N) is 2. The normalized spacial score (nSPS) is 27.6. The lowest BCUT2D eigenvalue weighted by molar-refractivity contribution is 0.192. The molecule has 0 aromatic heterocycles. The Labute approximate surface area is 230 Å². The zero-order valence-electron chi connectivity index (χ0n) is 23.5. The highest BCUT2D eigenvalue weighted by Gasteiger charge is 2.31. The number of piperidine rings is 1. The van der Waals surface area contributed by atoms with E-state index in [4.69, 9.17) is 4.99 Å². The first-order valence-electron chi connectivity index (χ1n) is 15.1. The van der Waals surface area contributed by atoms with Crippen molar-refractivity contribution in [1.82, 2.24) is 25.3 Å². The minimum absolute atomic E-state index is 0.414.